The highest BCUT2D eigenvalue weighted by Gasteiger charge is 2.29. The molecule has 0 bridgehead atoms. The van der Waals surface area contributed by atoms with E-state index in [0.29, 0.717) is 30.0 Å². The third-order valence-corrected chi connectivity index (χ3v) is 7.96. The lowest BCUT2D eigenvalue weighted by molar-refractivity contribution is 0.0944. The molecular weight excluding hydrogens is 458 g/mol. The summed E-state index contributed by atoms with van der Waals surface area (Å²) in [4.78, 5) is 36.6. The molecule has 1 saturated carbocycles. The lowest BCUT2D eigenvalue weighted by atomic mass is 9.82. The molecule has 0 radical (unpaired) electrons. The van der Waals surface area contributed by atoms with Crippen molar-refractivity contribution >= 4 is 33.9 Å². The van der Waals surface area contributed by atoms with Crippen molar-refractivity contribution in [2.75, 3.05) is 0 Å². The van der Waals surface area contributed by atoms with E-state index in [-0.39, 0.29) is 23.4 Å². The second-order valence-corrected chi connectivity index (χ2v) is 10.7. The maximum atomic E-state index is 12.9. The van der Waals surface area contributed by atoms with Crippen molar-refractivity contribution in [2.24, 2.45) is 5.92 Å². The molecule has 4 aromatic rings. The van der Waals surface area contributed by atoms with E-state index in [9.17, 15) is 14.7 Å². The number of benzene rings is 1. The Bertz CT molecular complexity index is 1390. The quantitative estimate of drug-likeness (QED) is 0.291. The lowest BCUT2D eigenvalue weighted by Crippen LogP contribution is -2.22. The molecule has 1 fully saturated rings. The summed E-state index contributed by atoms with van der Waals surface area (Å²) in [5, 5.41) is 9.74. The van der Waals surface area contributed by atoms with E-state index in [1.165, 1.54) is 6.20 Å². The van der Waals surface area contributed by atoms with Gasteiger partial charge in [0.25, 0.3) is 0 Å². The summed E-state index contributed by atoms with van der Waals surface area (Å²) in [6.45, 7) is 3.89. The minimum atomic E-state index is 0.0887. The van der Waals surface area contributed by atoms with Crippen molar-refractivity contribution < 1.29 is 14.7 Å². The first-order valence-electron chi connectivity index (χ1n) is 12.2. The molecule has 1 aliphatic rings. The number of hydrogen-bond acceptors (Lipinski definition) is 6. The van der Waals surface area contributed by atoms with Gasteiger partial charge in [0, 0.05) is 29.3 Å². The van der Waals surface area contributed by atoms with Gasteiger partial charge in [0.05, 0.1) is 22.1 Å². The Morgan fingerprint density at radius 1 is 1.11 bits per heavy atom. The maximum absolute atomic E-state index is 12.9. The molecule has 2 atom stereocenters. The van der Waals surface area contributed by atoms with Gasteiger partial charge in [-0.3, -0.25) is 9.59 Å². The molecule has 5 rings (SSSR count). The van der Waals surface area contributed by atoms with Gasteiger partial charge in [-0.15, -0.1) is 11.3 Å². The van der Waals surface area contributed by atoms with E-state index < -0.39 is 0 Å². The van der Waals surface area contributed by atoms with Crippen molar-refractivity contribution in [3.63, 3.8) is 0 Å². The van der Waals surface area contributed by atoms with Gasteiger partial charge in [0.1, 0.15) is 11.4 Å². The van der Waals surface area contributed by atoms with E-state index >= 15 is 0 Å². The molecule has 0 spiro atoms. The Labute approximate surface area is 208 Å². The summed E-state index contributed by atoms with van der Waals surface area (Å²) in [6, 6.07) is 13.2. The second-order valence-electron chi connectivity index (χ2n) is 9.41. The number of fused-ring (bicyclic) bond motifs is 1. The number of thiophene rings is 1. The monoisotopic (exact) mass is 487 g/mol. The van der Waals surface area contributed by atoms with E-state index in [4.69, 9.17) is 4.98 Å². The number of carbonyl (C=O) groups is 2. The molecule has 1 aromatic carbocycles. The summed E-state index contributed by atoms with van der Waals surface area (Å²) in [7, 11) is 0. The van der Waals surface area contributed by atoms with Crippen LogP contribution in [0.25, 0.3) is 22.6 Å². The first-order chi connectivity index (χ1) is 16.9. The fourth-order valence-electron chi connectivity index (χ4n) is 5.17. The average molecular weight is 488 g/mol. The molecule has 0 aliphatic heterocycles. The lowest BCUT2D eigenvalue weighted by Gasteiger charge is -2.31. The minimum absolute atomic E-state index is 0.0887. The van der Waals surface area contributed by atoms with Crippen LogP contribution in [0.1, 0.15) is 76.4 Å². The highest BCUT2D eigenvalue weighted by molar-refractivity contribution is 7.14. The fraction of sp³-hybridized carbons (Fsp3) is 0.357. The fourth-order valence-corrected chi connectivity index (χ4v) is 5.99. The summed E-state index contributed by atoms with van der Waals surface area (Å²) in [6.07, 6.45) is 6.40. The molecule has 180 valence electrons. The number of ketones is 2. The molecule has 7 heteroatoms. The van der Waals surface area contributed by atoms with Crippen LogP contribution in [0.4, 0.5) is 0 Å². The van der Waals surface area contributed by atoms with Crippen LogP contribution in [0, 0.1) is 12.8 Å². The van der Waals surface area contributed by atoms with Crippen LogP contribution in [0.15, 0.2) is 48.7 Å². The van der Waals surface area contributed by atoms with Crippen LogP contribution in [-0.4, -0.2) is 31.2 Å². The van der Waals surface area contributed by atoms with Gasteiger partial charge in [-0.2, -0.15) is 0 Å². The first kappa shape index (κ1) is 23.4. The first-order valence-corrected chi connectivity index (χ1v) is 13.0. The summed E-state index contributed by atoms with van der Waals surface area (Å²) < 4.78 is 2.24. The number of carbonyl (C=O) groups excluding carboxylic acids is 2. The molecule has 3 heterocycles. The zero-order valence-corrected chi connectivity index (χ0v) is 20.8. The largest absolute Gasteiger partial charge is 0.506 e. The number of Topliss-reactive ketones (excluding diaryl/α,β-unsaturated/α-hetero) is 2. The molecule has 0 unspecified atom stereocenters. The van der Waals surface area contributed by atoms with Crippen LogP contribution in [0.2, 0.25) is 0 Å². The van der Waals surface area contributed by atoms with E-state index in [1.807, 2.05) is 44.2 Å². The normalized spacial score (nSPS) is 18.1. The number of nitrogens with zero attached hydrogens (tertiary/aromatic N) is 3. The third-order valence-electron chi connectivity index (χ3n) is 6.92. The van der Waals surface area contributed by atoms with Crippen LogP contribution in [-0.2, 0) is 0 Å². The predicted molar refractivity (Wildman–Crippen MR) is 138 cm³/mol. The average Bonchev–Trinajstić information content (AvgIpc) is 3.47. The molecule has 1 aliphatic carbocycles. The standard InChI is InChI=1S/C28H29N3O3S/c1-3-25(33)19-8-11-24-23(15-19)30-28(22-10-9-21(32)16-29-22)31(24)20-6-4-5-18(13-20)14-26(34)27-12-7-17(2)35-27/h7-12,15-16,18,20,32H,3-6,13-14H2,1-2H3/t18-,20+/m1/s1. The number of hydrogen-bond donors (Lipinski definition) is 1. The van der Waals surface area contributed by atoms with E-state index in [2.05, 4.69) is 9.55 Å². The van der Waals surface area contributed by atoms with Crippen molar-refractivity contribution in [3.05, 3.63) is 64.0 Å². The Kier molecular flexibility index (Phi) is 6.52. The van der Waals surface area contributed by atoms with E-state index in [1.54, 1.807) is 23.5 Å². The van der Waals surface area contributed by atoms with Crippen LogP contribution < -0.4 is 0 Å². The summed E-state index contributed by atoms with van der Waals surface area (Å²) in [5.41, 5.74) is 3.07. The van der Waals surface area contributed by atoms with Gasteiger partial charge < -0.3 is 9.67 Å². The molecule has 6 nitrogen and oxygen atoms in total. The van der Waals surface area contributed by atoms with Gasteiger partial charge in [-0.25, -0.2) is 9.97 Å². The van der Waals surface area contributed by atoms with Crippen molar-refractivity contribution in [3.8, 4) is 17.3 Å². The van der Waals surface area contributed by atoms with Gasteiger partial charge in [-0.05, 0) is 74.6 Å². The van der Waals surface area contributed by atoms with Gasteiger partial charge in [0.2, 0.25) is 0 Å². The predicted octanol–water partition coefficient (Wildman–Crippen LogP) is 6.77. The van der Waals surface area contributed by atoms with Crippen LogP contribution in [0.5, 0.6) is 5.75 Å². The zero-order valence-electron chi connectivity index (χ0n) is 20.0. The van der Waals surface area contributed by atoms with Crippen molar-refractivity contribution in [2.45, 2.75) is 58.4 Å². The number of aromatic nitrogens is 3. The Morgan fingerprint density at radius 2 is 1.97 bits per heavy atom. The molecule has 3 aromatic heterocycles. The molecule has 1 N–H and O–H groups in total. The molecule has 0 amide bonds. The van der Waals surface area contributed by atoms with Crippen molar-refractivity contribution in [1.29, 1.82) is 0 Å². The number of aromatic hydroxyl groups is 1. The molecular formula is C28H29N3O3S. The van der Waals surface area contributed by atoms with Gasteiger partial charge >= 0.3 is 0 Å². The summed E-state index contributed by atoms with van der Waals surface area (Å²) in [5.74, 6) is 1.46. The van der Waals surface area contributed by atoms with Crippen LogP contribution in [0.3, 0.4) is 0 Å². The Morgan fingerprint density at radius 3 is 2.69 bits per heavy atom. The van der Waals surface area contributed by atoms with Crippen LogP contribution >= 0.6 is 11.3 Å². The highest BCUT2D eigenvalue weighted by Crippen LogP contribution is 2.40. The van der Waals surface area contributed by atoms with E-state index in [0.717, 1.165) is 52.3 Å². The number of aryl methyl sites for hydroxylation is 1. The topological polar surface area (TPSA) is 85.1 Å². The number of pyridine rings is 1. The summed E-state index contributed by atoms with van der Waals surface area (Å²) >= 11 is 1.57. The van der Waals surface area contributed by atoms with Gasteiger partial charge in [-0.1, -0.05) is 13.3 Å². The highest BCUT2D eigenvalue weighted by atomic mass is 32.1. The minimum Gasteiger partial charge on any atom is -0.506 e. The Hall–Kier alpha value is -3.32. The SMILES string of the molecule is CCC(=O)c1ccc2c(c1)nc(-c1ccc(O)cn1)n2[C@H]1CCC[C@@H](CC(=O)c2ccc(C)s2)C1. The molecule has 0 saturated heterocycles. The number of imidazole rings is 1. The molecule has 35 heavy (non-hydrogen) atoms. The second kappa shape index (κ2) is 9.74. The zero-order chi connectivity index (χ0) is 24.5. The number of rotatable bonds is 7. The maximum Gasteiger partial charge on any atom is 0.173 e. The Balaban J connectivity index is 1.50. The van der Waals surface area contributed by atoms with Gasteiger partial charge in [0.15, 0.2) is 17.4 Å². The smallest absolute Gasteiger partial charge is 0.173 e. The van der Waals surface area contributed by atoms with Crippen molar-refractivity contribution in [1.82, 2.24) is 14.5 Å². The third kappa shape index (κ3) is 4.78.